The Morgan fingerprint density at radius 2 is 1.23 bits per heavy atom. The van der Waals surface area contributed by atoms with E-state index in [1.165, 1.54) is 0 Å². The quantitative estimate of drug-likeness (QED) is 0.0920. The van der Waals surface area contributed by atoms with E-state index >= 15 is 0 Å². The third-order valence-corrected chi connectivity index (χ3v) is 8.79. The molecule has 254 valence electrons. The summed E-state index contributed by atoms with van der Waals surface area (Å²) in [5.74, 6) is 0. The van der Waals surface area contributed by atoms with Gasteiger partial charge < -0.3 is 44.5 Å². The number of hydrogen-bond acceptors (Lipinski definition) is 8. The zero-order valence-electron chi connectivity index (χ0n) is 27.2. The fraction of sp³-hybridized carbons (Fsp3) is 0.395. The lowest BCUT2D eigenvalue weighted by Gasteiger charge is -2.48. The third kappa shape index (κ3) is 8.77. The first-order valence-electron chi connectivity index (χ1n) is 16.8. The Balaban J connectivity index is 1.32. The van der Waals surface area contributed by atoms with Crippen LogP contribution in [0.2, 0.25) is 0 Å². The highest BCUT2D eigenvalue weighted by molar-refractivity contribution is 5.82. The van der Waals surface area contributed by atoms with Crippen LogP contribution in [0.25, 0.3) is 10.9 Å². The van der Waals surface area contributed by atoms with Crippen molar-refractivity contribution in [1.29, 1.82) is 0 Å². The van der Waals surface area contributed by atoms with Crippen LogP contribution in [-0.2, 0) is 50.1 Å². The summed E-state index contributed by atoms with van der Waals surface area (Å²) in [4.78, 5) is 10.6. The summed E-state index contributed by atoms with van der Waals surface area (Å²) < 4.78 is 33.2. The number of nitrogens with zero attached hydrogens (tertiary/aromatic N) is 1. The van der Waals surface area contributed by atoms with Gasteiger partial charge in [-0.05, 0) is 43.0 Å². The van der Waals surface area contributed by atoms with E-state index in [0.717, 1.165) is 52.5 Å². The lowest BCUT2D eigenvalue weighted by atomic mass is 9.83. The summed E-state index contributed by atoms with van der Waals surface area (Å²) in [6.07, 6.45) is 3.28. The van der Waals surface area contributed by atoms with Gasteiger partial charge in [-0.3, -0.25) is 0 Å². The summed E-state index contributed by atoms with van der Waals surface area (Å²) in [7, 11) is 0. The summed E-state index contributed by atoms with van der Waals surface area (Å²) in [5, 5.41) is 13.2. The number of para-hydroxylation sites is 1. The molecule has 5 N–H and O–H groups in total. The fourth-order valence-electron chi connectivity index (χ4n) is 6.25. The van der Waals surface area contributed by atoms with Crippen molar-refractivity contribution < 1.29 is 28.8 Å². The van der Waals surface area contributed by atoms with Gasteiger partial charge in [0, 0.05) is 29.3 Å². The Morgan fingerprint density at radius 1 is 0.625 bits per heavy atom. The lowest BCUT2D eigenvalue weighted by Crippen LogP contribution is -2.66. The number of unbranched alkanes of at least 4 members (excludes halogenated alkanes) is 2. The highest BCUT2D eigenvalue weighted by Gasteiger charge is 2.54. The normalized spacial score (nSPS) is 22.7. The Bertz CT molecular complexity index is 1620. The molecule has 6 atom stereocenters. The molecule has 10 heteroatoms. The second-order valence-corrected chi connectivity index (χ2v) is 12.2. The second kappa shape index (κ2) is 17.5. The van der Waals surface area contributed by atoms with Crippen LogP contribution in [0.3, 0.4) is 0 Å². The Morgan fingerprint density at radius 3 is 1.90 bits per heavy atom. The van der Waals surface area contributed by atoms with E-state index in [9.17, 15) is 5.11 Å². The molecular weight excluding hydrogens is 608 g/mol. The number of aliphatic hydroxyl groups is 1. The van der Waals surface area contributed by atoms with Crippen molar-refractivity contribution in [2.24, 2.45) is 5.73 Å². The van der Waals surface area contributed by atoms with E-state index in [1.807, 2.05) is 85.1 Å². The number of rotatable bonds is 18. The lowest BCUT2D eigenvalue weighted by molar-refractivity contribution is -0.281. The minimum atomic E-state index is -1.08. The molecule has 0 saturated heterocycles. The van der Waals surface area contributed by atoms with Gasteiger partial charge in [0.15, 0.2) is 0 Å². The van der Waals surface area contributed by atoms with Crippen molar-refractivity contribution in [3.05, 3.63) is 126 Å². The highest BCUT2D eigenvalue weighted by atomic mass is 16.6. The first kappa shape index (κ1) is 34.0. The van der Waals surface area contributed by atoms with Crippen LogP contribution in [0.1, 0.15) is 41.6 Å². The molecule has 1 saturated carbocycles. The van der Waals surface area contributed by atoms with Gasteiger partial charge in [-0.15, -0.1) is 0 Å². The number of ether oxygens (including phenoxy) is 5. The third-order valence-electron chi connectivity index (χ3n) is 8.79. The standard InChI is InChI=1S/C38H46N4O6/c39-18-10-3-11-19-44-34-33(43)35(47-24-29-20-41-32-17-9-8-16-31(29)32)37(48-25-30-21-40-26-42-30)38(46-23-28-14-6-2-7-15-28)36(34)45-22-27-12-4-1-5-13-27/h1-2,4-9,12-17,20-21,26,33-38,41,43H,3,10-11,18-19,22-25,39H2,(H,40,42)/t33-,34-,35-,36+,37-,38-/m0/s1. The average molecular weight is 655 g/mol. The molecular formula is C38H46N4O6. The van der Waals surface area contributed by atoms with E-state index in [1.54, 1.807) is 12.5 Å². The van der Waals surface area contributed by atoms with Gasteiger partial charge in [0.05, 0.1) is 44.6 Å². The number of benzene rings is 3. The van der Waals surface area contributed by atoms with Crippen LogP contribution in [0, 0.1) is 0 Å². The average Bonchev–Trinajstić information content (AvgIpc) is 3.81. The summed E-state index contributed by atoms with van der Waals surface area (Å²) in [6, 6.07) is 28.0. The van der Waals surface area contributed by atoms with Gasteiger partial charge in [-0.25, -0.2) is 4.98 Å². The second-order valence-electron chi connectivity index (χ2n) is 12.2. The van der Waals surface area contributed by atoms with Crippen LogP contribution < -0.4 is 5.73 Å². The fourth-order valence-corrected chi connectivity index (χ4v) is 6.25. The summed E-state index contributed by atoms with van der Waals surface area (Å²) >= 11 is 0. The Hall–Kier alpha value is -3.87. The number of aromatic amines is 2. The molecule has 0 aliphatic heterocycles. The van der Waals surface area contributed by atoms with Gasteiger partial charge in [0.2, 0.25) is 0 Å². The predicted octanol–water partition coefficient (Wildman–Crippen LogP) is 5.42. The first-order valence-corrected chi connectivity index (χ1v) is 16.8. The zero-order valence-corrected chi connectivity index (χ0v) is 27.2. The molecule has 3 aromatic carbocycles. The van der Waals surface area contributed by atoms with Crippen molar-refractivity contribution >= 4 is 10.9 Å². The molecule has 0 spiro atoms. The van der Waals surface area contributed by atoms with Crippen molar-refractivity contribution in [2.45, 2.75) is 82.3 Å². The summed E-state index contributed by atoms with van der Waals surface area (Å²) in [6.45, 7) is 2.15. The van der Waals surface area contributed by atoms with Crippen LogP contribution in [0.15, 0.2) is 104 Å². The highest BCUT2D eigenvalue weighted by Crippen LogP contribution is 2.35. The minimum absolute atomic E-state index is 0.214. The van der Waals surface area contributed by atoms with Crippen LogP contribution in [-0.4, -0.2) is 69.8 Å². The van der Waals surface area contributed by atoms with Crippen molar-refractivity contribution in [3.8, 4) is 0 Å². The van der Waals surface area contributed by atoms with Crippen LogP contribution in [0.5, 0.6) is 0 Å². The molecule has 48 heavy (non-hydrogen) atoms. The minimum Gasteiger partial charge on any atom is -0.387 e. The monoisotopic (exact) mass is 654 g/mol. The van der Waals surface area contributed by atoms with E-state index in [2.05, 4.69) is 21.0 Å². The molecule has 1 fully saturated rings. The number of hydrogen-bond donors (Lipinski definition) is 4. The first-order chi connectivity index (χ1) is 23.7. The molecule has 5 aromatic rings. The number of nitrogens with one attached hydrogen (secondary N) is 2. The maximum absolute atomic E-state index is 12.2. The molecule has 2 heterocycles. The van der Waals surface area contributed by atoms with Gasteiger partial charge in [0.1, 0.15) is 36.6 Å². The van der Waals surface area contributed by atoms with Crippen molar-refractivity contribution in [2.75, 3.05) is 13.2 Å². The van der Waals surface area contributed by atoms with Gasteiger partial charge >= 0.3 is 0 Å². The van der Waals surface area contributed by atoms with Crippen LogP contribution >= 0.6 is 0 Å². The maximum Gasteiger partial charge on any atom is 0.116 e. The van der Waals surface area contributed by atoms with E-state index in [4.69, 9.17) is 29.4 Å². The molecule has 0 unspecified atom stereocenters. The Kier molecular flexibility index (Phi) is 12.4. The van der Waals surface area contributed by atoms with E-state index < -0.39 is 36.6 Å². The largest absolute Gasteiger partial charge is 0.387 e. The topological polar surface area (TPSA) is 137 Å². The number of imidazole rings is 1. The maximum atomic E-state index is 12.2. The number of H-pyrrole nitrogens is 2. The molecule has 0 bridgehead atoms. The van der Waals surface area contributed by atoms with Crippen LogP contribution in [0.4, 0.5) is 0 Å². The Labute approximate surface area is 281 Å². The zero-order chi connectivity index (χ0) is 33.0. The SMILES string of the molecule is NCCCCCO[C@H]1[C@H](O)[C@H](OCc2c[nH]c3ccccc23)[C@H](OCc2cnc[nH]2)[C@@H](OCc2ccccc2)[C@@H]1OCc1ccccc1. The number of fused-ring (bicyclic) bond motifs is 1. The van der Waals surface area contributed by atoms with E-state index in [0.29, 0.717) is 26.4 Å². The van der Waals surface area contributed by atoms with E-state index in [-0.39, 0.29) is 13.2 Å². The number of aliphatic hydroxyl groups excluding tert-OH is 1. The molecule has 6 rings (SSSR count). The smallest absolute Gasteiger partial charge is 0.116 e. The molecule has 0 amide bonds. The molecule has 0 radical (unpaired) electrons. The van der Waals surface area contributed by atoms with Gasteiger partial charge in [-0.2, -0.15) is 0 Å². The van der Waals surface area contributed by atoms with Gasteiger partial charge in [0.25, 0.3) is 0 Å². The number of aromatic nitrogens is 3. The molecule has 1 aliphatic rings. The molecule has 1 aliphatic carbocycles. The molecule has 10 nitrogen and oxygen atoms in total. The van der Waals surface area contributed by atoms with Crippen molar-refractivity contribution in [1.82, 2.24) is 15.0 Å². The van der Waals surface area contributed by atoms with Gasteiger partial charge in [-0.1, -0.05) is 78.9 Å². The van der Waals surface area contributed by atoms with Crippen molar-refractivity contribution in [3.63, 3.8) is 0 Å². The molecule has 2 aromatic heterocycles. The summed E-state index contributed by atoms with van der Waals surface area (Å²) in [5.41, 5.74) is 10.5. The number of nitrogens with two attached hydrogens (primary N) is 1. The predicted molar refractivity (Wildman–Crippen MR) is 183 cm³/mol.